The minimum atomic E-state index is 0.923. The first-order chi connectivity index (χ1) is 4.72. The SMILES string of the molecule is CCCCC(C)C(C)CC. The Morgan fingerprint density at radius 1 is 1.00 bits per heavy atom. The third-order valence-electron chi connectivity index (χ3n) is 2.63. The molecule has 0 N–H and O–H groups in total. The molecule has 0 saturated carbocycles. The number of hydrogen-bond acceptors (Lipinski definition) is 0. The molecule has 0 aliphatic carbocycles. The first-order valence-corrected chi connectivity index (χ1v) is 4.72. The van der Waals surface area contributed by atoms with Crippen LogP contribution in [0.15, 0.2) is 0 Å². The Morgan fingerprint density at radius 2 is 1.60 bits per heavy atom. The zero-order chi connectivity index (χ0) is 7.98. The van der Waals surface area contributed by atoms with Crippen molar-refractivity contribution < 1.29 is 0 Å². The van der Waals surface area contributed by atoms with Crippen LogP contribution in [0, 0.1) is 11.8 Å². The molecule has 0 aromatic heterocycles. The average molecular weight is 142 g/mol. The standard InChI is InChI=1S/C10H22/c1-5-7-8-10(4)9(3)6-2/h9-10H,5-8H2,1-4H3. The van der Waals surface area contributed by atoms with Crippen LogP contribution in [0.2, 0.25) is 0 Å². The molecule has 10 heavy (non-hydrogen) atoms. The molecule has 0 heterocycles. The van der Waals surface area contributed by atoms with Crippen molar-refractivity contribution in [1.82, 2.24) is 0 Å². The van der Waals surface area contributed by atoms with Gasteiger partial charge in [-0.05, 0) is 11.8 Å². The molecule has 0 aliphatic heterocycles. The summed E-state index contributed by atoms with van der Waals surface area (Å²) in [7, 11) is 0. The van der Waals surface area contributed by atoms with Gasteiger partial charge >= 0.3 is 0 Å². The lowest BCUT2D eigenvalue weighted by Gasteiger charge is -2.17. The molecule has 0 bridgehead atoms. The van der Waals surface area contributed by atoms with E-state index in [1.165, 1.54) is 25.7 Å². The van der Waals surface area contributed by atoms with Gasteiger partial charge in [0.2, 0.25) is 0 Å². The van der Waals surface area contributed by atoms with Gasteiger partial charge in [0, 0.05) is 0 Å². The summed E-state index contributed by atoms with van der Waals surface area (Å²) in [6.45, 7) is 9.29. The van der Waals surface area contributed by atoms with E-state index in [-0.39, 0.29) is 0 Å². The van der Waals surface area contributed by atoms with Crippen molar-refractivity contribution in [3.8, 4) is 0 Å². The maximum Gasteiger partial charge on any atom is -0.0417 e. The summed E-state index contributed by atoms with van der Waals surface area (Å²) in [6, 6.07) is 0. The van der Waals surface area contributed by atoms with Crippen molar-refractivity contribution in [3.63, 3.8) is 0 Å². The predicted octanol–water partition coefficient (Wildman–Crippen LogP) is 3.86. The molecular formula is C10H22. The van der Waals surface area contributed by atoms with Gasteiger partial charge in [0.15, 0.2) is 0 Å². The first kappa shape index (κ1) is 10.0. The van der Waals surface area contributed by atoms with Crippen molar-refractivity contribution in [2.45, 2.75) is 53.4 Å². The lowest BCUT2D eigenvalue weighted by atomic mass is 9.89. The highest BCUT2D eigenvalue weighted by molar-refractivity contribution is 4.59. The van der Waals surface area contributed by atoms with Crippen LogP contribution in [0.3, 0.4) is 0 Å². The monoisotopic (exact) mass is 142 g/mol. The van der Waals surface area contributed by atoms with E-state index < -0.39 is 0 Å². The largest absolute Gasteiger partial charge is 0.0654 e. The Kier molecular flexibility index (Phi) is 5.76. The summed E-state index contributed by atoms with van der Waals surface area (Å²) in [6.07, 6.45) is 5.52. The molecular weight excluding hydrogens is 120 g/mol. The summed E-state index contributed by atoms with van der Waals surface area (Å²) in [4.78, 5) is 0. The number of rotatable bonds is 5. The van der Waals surface area contributed by atoms with Gasteiger partial charge in [0.05, 0.1) is 0 Å². The van der Waals surface area contributed by atoms with Crippen molar-refractivity contribution in [2.75, 3.05) is 0 Å². The van der Waals surface area contributed by atoms with E-state index in [1.807, 2.05) is 0 Å². The molecule has 2 atom stereocenters. The van der Waals surface area contributed by atoms with E-state index >= 15 is 0 Å². The highest BCUT2D eigenvalue weighted by Crippen LogP contribution is 2.19. The van der Waals surface area contributed by atoms with Crippen LogP contribution in [0.5, 0.6) is 0 Å². The smallest absolute Gasteiger partial charge is 0.0417 e. The van der Waals surface area contributed by atoms with E-state index in [0.717, 1.165) is 11.8 Å². The van der Waals surface area contributed by atoms with E-state index in [0.29, 0.717) is 0 Å². The molecule has 2 unspecified atom stereocenters. The minimum absolute atomic E-state index is 0.923. The van der Waals surface area contributed by atoms with Crippen LogP contribution in [0.4, 0.5) is 0 Å². The van der Waals surface area contributed by atoms with E-state index in [4.69, 9.17) is 0 Å². The second-order valence-corrected chi connectivity index (χ2v) is 3.51. The molecule has 0 aliphatic rings. The fourth-order valence-corrected chi connectivity index (χ4v) is 1.21. The Bertz CT molecular complexity index is 66.4. The molecule has 0 amide bonds. The Balaban J connectivity index is 3.31. The zero-order valence-corrected chi connectivity index (χ0v) is 7.98. The summed E-state index contributed by atoms with van der Waals surface area (Å²) >= 11 is 0. The van der Waals surface area contributed by atoms with Gasteiger partial charge in [-0.1, -0.05) is 53.4 Å². The average Bonchev–Trinajstić information content (AvgIpc) is 1.98. The lowest BCUT2D eigenvalue weighted by Crippen LogP contribution is -2.06. The molecule has 0 fully saturated rings. The van der Waals surface area contributed by atoms with Gasteiger partial charge in [-0.3, -0.25) is 0 Å². The van der Waals surface area contributed by atoms with Crippen molar-refractivity contribution in [1.29, 1.82) is 0 Å². The molecule has 62 valence electrons. The predicted molar refractivity (Wildman–Crippen MR) is 48.1 cm³/mol. The summed E-state index contributed by atoms with van der Waals surface area (Å²) in [5.41, 5.74) is 0. The maximum absolute atomic E-state index is 2.38. The van der Waals surface area contributed by atoms with Crippen LogP contribution >= 0.6 is 0 Å². The van der Waals surface area contributed by atoms with E-state index in [2.05, 4.69) is 27.7 Å². The van der Waals surface area contributed by atoms with Crippen LogP contribution in [0.25, 0.3) is 0 Å². The molecule has 0 heteroatoms. The second kappa shape index (κ2) is 5.76. The molecule has 0 nitrogen and oxygen atoms in total. The van der Waals surface area contributed by atoms with Crippen molar-refractivity contribution in [2.24, 2.45) is 11.8 Å². The van der Waals surface area contributed by atoms with Crippen molar-refractivity contribution >= 4 is 0 Å². The van der Waals surface area contributed by atoms with Gasteiger partial charge in [-0.2, -0.15) is 0 Å². The fourth-order valence-electron chi connectivity index (χ4n) is 1.21. The Labute approximate surface area is 66.0 Å². The van der Waals surface area contributed by atoms with Crippen LogP contribution in [-0.4, -0.2) is 0 Å². The quantitative estimate of drug-likeness (QED) is 0.547. The van der Waals surface area contributed by atoms with E-state index in [1.54, 1.807) is 0 Å². The molecule has 0 saturated heterocycles. The Hall–Kier alpha value is 0. The molecule has 0 rings (SSSR count). The second-order valence-electron chi connectivity index (χ2n) is 3.51. The van der Waals surface area contributed by atoms with E-state index in [9.17, 15) is 0 Å². The van der Waals surface area contributed by atoms with Gasteiger partial charge < -0.3 is 0 Å². The van der Waals surface area contributed by atoms with Gasteiger partial charge in [-0.15, -0.1) is 0 Å². The van der Waals surface area contributed by atoms with Gasteiger partial charge in [0.1, 0.15) is 0 Å². The van der Waals surface area contributed by atoms with Gasteiger partial charge in [-0.25, -0.2) is 0 Å². The van der Waals surface area contributed by atoms with Crippen LogP contribution in [0.1, 0.15) is 53.4 Å². The third kappa shape index (κ3) is 3.92. The lowest BCUT2D eigenvalue weighted by molar-refractivity contribution is 0.346. The Morgan fingerprint density at radius 3 is 2.00 bits per heavy atom. The van der Waals surface area contributed by atoms with Crippen LogP contribution < -0.4 is 0 Å². The molecule has 0 aromatic carbocycles. The van der Waals surface area contributed by atoms with Gasteiger partial charge in [0.25, 0.3) is 0 Å². The topological polar surface area (TPSA) is 0 Å². The zero-order valence-electron chi connectivity index (χ0n) is 7.98. The highest BCUT2D eigenvalue weighted by atomic mass is 14.1. The number of unbranched alkanes of at least 4 members (excludes halogenated alkanes) is 1. The third-order valence-corrected chi connectivity index (χ3v) is 2.63. The highest BCUT2D eigenvalue weighted by Gasteiger charge is 2.08. The maximum atomic E-state index is 2.38. The first-order valence-electron chi connectivity index (χ1n) is 4.72. The summed E-state index contributed by atoms with van der Waals surface area (Å²) < 4.78 is 0. The fraction of sp³-hybridized carbons (Fsp3) is 1.00. The van der Waals surface area contributed by atoms with Crippen LogP contribution in [-0.2, 0) is 0 Å². The number of hydrogen-bond donors (Lipinski definition) is 0. The normalized spacial score (nSPS) is 16.8. The molecule has 0 radical (unpaired) electrons. The summed E-state index contributed by atoms with van der Waals surface area (Å²) in [5.74, 6) is 1.86. The molecule has 0 spiro atoms. The minimum Gasteiger partial charge on any atom is -0.0654 e. The summed E-state index contributed by atoms with van der Waals surface area (Å²) in [5, 5.41) is 0. The van der Waals surface area contributed by atoms with Crippen molar-refractivity contribution in [3.05, 3.63) is 0 Å². The molecule has 0 aromatic rings.